The molecule has 0 aromatic heterocycles. The summed E-state index contributed by atoms with van der Waals surface area (Å²) < 4.78 is 0.730. The SMILES string of the molecule is CC1(CO)C(C=C(Br)Br)C1C(=O)O. The summed E-state index contributed by atoms with van der Waals surface area (Å²) in [7, 11) is 0. The second kappa shape index (κ2) is 3.71. The summed E-state index contributed by atoms with van der Waals surface area (Å²) in [5, 5.41) is 17.9. The number of hydrogen-bond donors (Lipinski definition) is 2. The van der Waals surface area contributed by atoms with Crippen molar-refractivity contribution >= 4 is 37.8 Å². The molecule has 1 fully saturated rings. The van der Waals surface area contributed by atoms with Crippen LogP contribution >= 0.6 is 31.9 Å². The number of carboxylic acids is 1. The highest BCUT2D eigenvalue weighted by atomic mass is 79.9. The minimum absolute atomic E-state index is 0.0938. The fourth-order valence-electron chi connectivity index (χ4n) is 1.66. The maximum Gasteiger partial charge on any atom is 0.307 e. The van der Waals surface area contributed by atoms with Crippen molar-refractivity contribution in [1.29, 1.82) is 0 Å². The molecule has 3 unspecified atom stereocenters. The Labute approximate surface area is 93.1 Å². The molecule has 3 atom stereocenters. The Hall–Kier alpha value is 0.130. The number of aliphatic hydroxyl groups is 1. The first-order valence-corrected chi connectivity index (χ1v) is 5.38. The Morgan fingerprint density at radius 3 is 2.38 bits per heavy atom. The molecule has 74 valence electrons. The number of hydrogen-bond acceptors (Lipinski definition) is 2. The van der Waals surface area contributed by atoms with Crippen LogP contribution in [0.2, 0.25) is 0 Å². The molecular formula is C8H10Br2O3. The minimum atomic E-state index is -0.848. The largest absolute Gasteiger partial charge is 0.481 e. The average Bonchev–Trinajstić information content (AvgIpc) is 2.56. The van der Waals surface area contributed by atoms with Crippen molar-refractivity contribution in [3.05, 3.63) is 9.47 Å². The smallest absolute Gasteiger partial charge is 0.307 e. The average molecular weight is 314 g/mol. The van der Waals surface area contributed by atoms with Crippen molar-refractivity contribution < 1.29 is 15.0 Å². The van der Waals surface area contributed by atoms with Gasteiger partial charge in [0.2, 0.25) is 0 Å². The molecule has 0 amide bonds. The number of carboxylic acid groups (broad SMARTS) is 1. The van der Waals surface area contributed by atoms with Gasteiger partial charge >= 0.3 is 5.97 Å². The predicted octanol–water partition coefficient (Wildman–Crippen LogP) is 1.95. The van der Waals surface area contributed by atoms with E-state index in [0.29, 0.717) is 0 Å². The summed E-state index contributed by atoms with van der Waals surface area (Å²) in [5.74, 6) is -1.41. The van der Waals surface area contributed by atoms with Crippen LogP contribution in [0.25, 0.3) is 0 Å². The number of aliphatic carboxylic acids is 1. The van der Waals surface area contributed by atoms with Gasteiger partial charge in [0.1, 0.15) is 0 Å². The fourth-order valence-corrected chi connectivity index (χ4v) is 2.23. The van der Waals surface area contributed by atoms with E-state index in [1.54, 1.807) is 13.0 Å². The van der Waals surface area contributed by atoms with E-state index < -0.39 is 17.3 Å². The van der Waals surface area contributed by atoms with Crippen molar-refractivity contribution in [3.63, 3.8) is 0 Å². The van der Waals surface area contributed by atoms with Gasteiger partial charge in [-0.1, -0.05) is 13.0 Å². The summed E-state index contributed by atoms with van der Waals surface area (Å²) in [6.45, 7) is 1.67. The predicted molar refractivity (Wildman–Crippen MR) is 55.7 cm³/mol. The van der Waals surface area contributed by atoms with Crippen LogP contribution in [-0.4, -0.2) is 22.8 Å². The fraction of sp³-hybridized carbons (Fsp3) is 0.625. The Kier molecular flexibility index (Phi) is 3.20. The van der Waals surface area contributed by atoms with Gasteiger partial charge in [-0.2, -0.15) is 0 Å². The molecule has 0 spiro atoms. The van der Waals surface area contributed by atoms with Crippen LogP contribution in [0.1, 0.15) is 6.92 Å². The minimum Gasteiger partial charge on any atom is -0.481 e. The van der Waals surface area contributed by atoms with Gasteiger partial charge in [-0.3, -0.25) is 4.79 Å². The molecular weight excluding hydrogens is 304 g/mol. The third-order valence-electron chi connectivity index (χ3n) is 2.63. The summed E-state index contributed by atoms with van der Waals surface area (Å²) in [4.78, 5) is 10.8. The monoisotopic (exact) mass is 312 g/mol. The lowest BCUT2D eigenvalue weighted by Gasteiger charge is -2.02. The van der Waals surface area contributed by atoms with Crippen LogP contribution in [0.5, 0.6) is 0 Å². The first-order chi connectivity index (χ1) is 5.93. The Morgan fingerprint density at radius 1 is 1.62 bits per heavy atom. The first kappa shape index (κ1) is 11.2. The van der Waals surface area contributed by atoms with Crippen molar-refractivity contribution in [1.82, 2.24) is 0 Å². The molecule has 1 aliphatic rings. The van der Waals surface area contributed by atoms with E-state index in [2.05, 4.69) is 31.9 Å². The molecule has 1 aliphatic carbocycles. The summed E-state index contributed by atoms with van der Waals surface area (Å²) in [6, 6.07) is 0. The van der Waals surface area contributed by atoms with E-state index in [4.69, 9.17) is 10.2 Å². The quantitative estimate of drug-likeness (QED) is 0.837. The molecule has 0 radical (unpaired) electrons. The van der Waals surface area contributed by atoms with Crippen molar-refractivity contribution in [3.8, 4) is 0 Å². The maximum atomic E-state index is 10.8. The number of rotatable bonds is 3. The Bertz CT molecular complexity index is 260. The molecule has 3 nitrogen and oxygen atoms in total. The molecule has 0 saturated heterocycles. The van der Waals surface area contributed by atoms with Gasteiger partial charge in [0.05, 0.1) is 9.31 Å². The van der Waals surface area contributed by atoms with Crippen molar-refractivity contribution in [2.45, 2.75) is 6.92 Å². The third-order valence-corrected chi connectivity index (χ3v) is 3.16. The second-order valence-corrected chi connectivity index (χ2v) is 6.23. The summed E-state index contributed by atoms with van der Waals surface area (Å²) in [5.41, 5.74) is -0.501. The van der Waals surface area contributed by atoms with E-state index in [1.165, 1.54) is 0 Å². The topological polar surface area (TPSA) is 57.5 Å². The highest BCUT2D eigenvalue weighted by Crippen LogP contribution is 2.59. The van der Waals surface area contributed by atoms with E-state index in [9.17, 15) is 4.79 Å². The lowest BCUT2D eigenvalue weighted by Crippen LogP contribution is -2.10. The van der Waals surface area contributed by atoms with Crippen LogP contribution in [0, 0.1) is 17.3 Å². The highest BCUT2D eigenvalue weighted by molar-refractivity contribution is 9.28. The van der Waals surface area contributed by atoms with Gasteiger partial charge in [0.15, 0.2) is 0 Å². The van der Waals surface area contributed by atoms with Crippen LogP contribution in [-0.2, 0) is 4.79 Å². The zero-order valence-corrected chi connectivity index (χ0v) is 10.2. The zero-order chi connectivity index (χ0) is 10.2. The molecule has 0 aliphatic heterocycles. The second-order valence-electron chi connectivity index (χ2n) is 3.46. The van der Waals surface area contributed by atoms with E-state index in [-0.39, 0.29) is 12.5 Å². The molecule has 1 saturated carbocycles. The molecule has 0 heterocycles. The van der Waals surface area contributed by atoms with Gasteiger partial charge in [-0.25, -0.2) is 0 Å². The van der Waals surface area contributed by atoms with Crippen molar-refractivity contribution in [2.75, 3.05) is 6.61 Å². The third kappa shape index (κ3) is 1.97. The highest BCUT2D eigenvalue weighted by Gasteiger charge is 2.63. The number of carbonyl (C=O) groups is 1. The number of halogens is 2. The van der Waals surface area contributed by atoms with Gasteiger partial charge in [-0.05, 0) is 31.9 Å². The lowest BCUT2D eigenvalue weighted by atomic mass is 10.1. The molecule has 1 rings (SSSR count). The van der Waals surface area contributed by atoms with Gasteiger partial charge in [0, 0.05) is 17.9 Å². The number of allylic oxidation sites excluding steroid dienone is 1. The Morgan fingerprint density at radius 2 is 2.15 bits per heavy atom. The first-order valence-electron chi connectivity index (χ1n) is 3.80. The molecule has 2 N–H and O–H groups in total. The van der Waals surface area contributed by atoms with Crippen LogP contribution in [0.4, 0.5) is 0 Å². The van der Waals surface area contributed by atoms with E-state index in [0.717, 1.165) is 3.39 Å². The molecule has 13 heavy (non-hydrogen) atoms. The van der Waals surface area contributed by atoms with Crippen LogP contribution < -0.4 is 0 Å². The molecule has 0 aromatic carbocycles. The van der Waals surface area contributed by atoms with Gasteiger partial charge in [-0.15, -0.1) is 0 Å². The maximum absolute atomic E-state index is 10.8. The number of aliphatic hydroxyl groups excluding tert-OH is 1. The summed E-state index contributed by atoms with van der Waals surface area (Å²) in [6.07, 6.45) is 1.77. The lowest BCUT2D eigenvalue weighted by molar-refractivity contribution is -0.139. The molecule has 0 bridgehead atoms. The normalized spacial score (nSPS) is 36.9. The standard InChI is InChI=1S/C8H10Br2O3/c1-8(3-11)4(2-5(9)10)6(8)7(12)13/h2,4,6,11H,3H2,1H3,(H,12,13). The van der Waals surface area contributed by atoms with E-state index >= 15 is 0 Å². The van der Waals surface area contributed by atoms with E-state index in [1.807, 2.05) is 0 Å². The van der Waals surface area contributed by atoms with Crippen molar-refractivity contribution in [2.24, 2.45) is 17.3 Å². The van der Waals surface area contributed by atoms with Gasteiger partial charge in [0.25, 0.3) is 0 Å². The van der Waals surface area contributed by atoms with Crippen LogP contribution in [0.15, 0.2) is 9.47 Å². The van der Waals surface area contributed by atoms with Gasteiger partial charge < -0.3 is 10.2 Å². The molecule has 5 heteroatoms. The molecule has 0 aromatic rings. The van der Waals surface area contributed by atoms with Crippen LogP contribution in [0.3, 0.4) is 0 Å². The zero-order valence-electron chi connectivity index (χ0n) is 7.00. The summed E-state index contributed by atoms with van der Waals surface area (Å²) >= 11 is 6.35. The Balaban J connectivity index is 2.79.